The van der Waals surface area contributed by atoms with Gasteiger partial charge in [0.2, 0.25) is 0 Å². The molecule has 0 saturated heterocycles. The molecule has 3 heteroatoms. The van der Waals surface area contributed by atoms with Crippen LogP contribution in [0.1, 0.15) is 29.8 Å². The Morgan fingerprint density at radius 2 is 2.14 bits per heavy atom. The van der Waals surface area contributed by atoms with E-state index in [0.717, 1.165) is 12.0 Å². The van der Waals surface area contributed by atoms with E-state index >= 15 is 0 Å². The molecule has 0 radical (unpaired) electrons. The van der Waals surface area contributed by atoms with Gasteiger partial charge in [-0.1, -0.05) is 31.5 Å². The van der Waals surface area contributed by atoms with Crippen molar-refractivity contribution in [1.82, 2.24) is 0 Å². The van der Waals surface area contributed by atoms with Crippen LogP contribution < -0.4 is 0 Å². The second-order valence-corrected chi connectivity index (χ2v) is 4.12. The molecule has 0 aliphatic rings. The van der Waals surface area contributed by atoms with Gasteiger partial charge < -0.3 is 5.11 Å². The van der Waals surface area contributed by atoms with Crippen molar-refractivity contribution in [2.24, 2.45) is 5.92 Å². The first-order valence-electron chi connectivity index (χ1n) is 4.52. The summed E-state index contributed by atoms with van der Waals surface area (Å²) in [4.78, 5) is 10.7. The van der Waals surface area contributed by atoms with Crippen LogP contribution in [0.3, 0.4) is 0 Å². The lowest BCUT2D eigenvalue weighted by Gasteiger charge is -2.06. The Labute approximate surface area is 88.5 Å². The summed E-state index contributed by atoms with van der Waals surface area (Å²) in [6.45, 7) is 4.22. The average molecular weight is 213 g/mol. The molecule has 0 aliphatic carbocycles. The Bertz CT molecular complexity index is 345. The number of carbonyl (C=O) groups is 1. The van der Waals surface area contributed by atoms with Crippen molar-refractivity contribution in [3.63, 3.8) is 0 Å². The number of rotatable bonds is 3. The van der Waals surface area contributed by atoms with Crippen LogP contribution >= 0.6 is 11.6 Å². The summed E-state index contributed by atoms with van der Waals surface area (Å²) >= 11 is 5.83. The van der Waals surface area contributed by atoms with Crippen molar-refractivity contribution in [3.05, 3.63) is 34.3 Å². The molecule has 0 aromatic heterocycles. The number of hydrogen-bond acceptors (Lipinski definition) is 1. The van der Waals surface area contributed by atoms with Crippen LogP contribution in [0.5, 0.6) is 0 Å². The van der Waals surface area contributed by atoms with E-state index in [9.17, 15) is 4.79 Å². The maximum absolute atomic E-state index is 10.7. The molecule has 0 atom stereocenters. The lowest BCUT2D eigenvalue weighted by Crippen LogP contribution is -1.99. The maximum Gasteiger partial charge on any atom is 0.337 e. The second kappa shape index (κ2) is 4.47. The predicted octanol–water partition coefficient (Wildman–Crippen LogP) is 3.24. The smallest absolute Gasteiger partial charge is 0.337 e. The molecular weight excluding hydrogens is 200 g/mol. The molecule has 0 saturated carbocycles. The number of carboxylic acid groups (broad SMARTS) is 1. The molecule has 0 bridgehead atoms. The Morgan fingerprint density at radius 1 is 1.50 bits per heavy atom. The Morgan fingerprint density at radius 3 is 2.57 bits per heavy atom. The third kappa shape index (κ3) is 2.74. The molecule has 1 rings (SSSR count). The van der Waals surface area contributed by atoms with E-state index in [1.165, 1.54) is 0 Å². The zero-order valence-corrected chi connectivity index (χ0v) is 9.01. The molecule has 14 heavy (non-hydrogen) atoms. The highest BCUT2D eigenvalue weighted by molar-refractivity contribution is 6.33. The highest BCUT2D eigenvalue weighted by atomic mass is 35.5. The highest BCUT2D eigenvalue weighted by Gasteiger charge is 2.09. The molecule has 0 spiro atoms. The minimum atomic E-state index is -0.980. The molecule has 0 unspecified atom stereocenters. The average Bonchev–Trinajstić information content (AvgIpc) is 2.01. The normalized spacial score (nSPS) is 10.6. The molecular formula is C11H13ClO2. The molecule has 0 aliphatic heterocycles. The largest absolute Gasteiger partial charge is 0.478 e. The van der Waals surface area contributed by atoms with Crippen LogP contribution in [-0.2, 0) is 6.42 Å². The fourth-order valence-corrected chi connectivity index (χ4v) is 1.61. The molecule has 1 aromatic rings. The Hall–Kier alpha value is -1.02. The van der Waals surface area contributed by atoms with Gasteiger partial charge in [-0.25, -0.2) is 4.79 Å². The zero-order valence-electron chi connectivity index (χ0n) is 8.25. The van der Waals surface area contributed by atoms with Crippen molar-refractivity contribution in [2.45, 2.75) is 20.3 Å². The quantitative estimate of drug-likeness (QED) is 0.835. The van der Waals surface area contributed by atoms with Gasteiger partial charge in [0.25, 0.3) is 0 Å². The van der Waals surface area contributed by atoms with E-state index in [1.54, 1.807) is 12.1 Å². The maximum atomic E-state index is 10.7. The van der Waals surface area contributed by atoms with E-state index in [4.69, 9.17) is 16.7 Å². The summed E-state index contributed by atoms with van der Waals surface area (Å²) in [5.41, 5.74) is 1.24. The molecule has 0 fully saturated rings. The summed E-state index contributed by atoms with van der Waals surface area (Å²) in [6.07, 6.45) is 0.916. The van der Waals surface area contributed by atoms with Gasteiger partial charge in [-0.2, -0.15) is 0 Å². The van der Waals surface area contributed by atoms with Crippen molar-refractivity contribution in [1.29, 1.82) is 0 Å². The van der Waals surface area contributed by atoms with Gasteiger partial charge >= 0.3 is 5.97 Å². The first-order chi connectivity index (χ1) is 6.50. The van der Waals surface area contributed by atoms with Crippen LogP contribution in [0.25, 0.3) is 0 Å². The summed E-state index contributed by atoms with van der Waals surface area (Å²) in [5.74, 6) is -0.437. The second-order valence-electron chi connectivity index (χ2n) is 3.72. The SMILES string of the molecule is CC(C)Cc1ccc(C(=O)O)c(Cl)c1. The minimum Gasteiger partial charge on any atom is -0.478 e. The van der Waals surface area contributed by atoms with Gasteiger partial charge in [0.1, 0.15) is 0 Å². The number of halogens is 1. The van der Waals surface area contributed by atoms with Gasteiger partial charge in [-0.3, -0.25) is 0 Å². The third-order valence-corrected chi connectivity index (χ3v) is 2.22. The third-order valence-electron chi connectivity index (χ3n) is 1.91. The lowest BCUT2D eigenvalue weighted by molar-refractivity contribution is 0.0697. The van der Waals surface area contributed by atoms with Crippen LogP contribution in [0.4, 0.5) is 0 Å². The van der Waals surface area contributed by atoms with Gasteiger partial charge in [0, 0.05) is 0 Å². The molecule has 2 nitrogen and oxygen atoms in total. The predicted molar refractivity (Wildman–Crippen MR) is 57.0 cm³/mol. The van der Waals surface area contributed by atoms with Gasteiger partial charge in [0.15, 0.2) is 0 Å². The van der Waals surface area contributed by atoms with Crippen LogP contribution in [0, 0.1) is 5.92 Å². The summed E-state index contributed by atoms with van der Waals surface area (Å²) in [6, 6.07) is 5.10. The molecule has 1 N–H and O–H groups in total. The summed E-state index contributed by atoms with van der Waals surface area (Å²) in [7, 11) is 0. The molecule has 0 heterocycles. The fourth-order valence-electron chi connectivity index (χ4n) is 1.33. The molecule has 0 amide bonds. The van der Waals surface area contributed by atoms with Gasteiger partial charge in [0.05, 0.1) is 10.6 Å². The van der Waals surface area contributed by atoms with Crippen molar-refractivity contribution in [2.75, 3.05) is 0 Å². The number of hydrogen-bond donors (Lipinski definition) is 1. The van der Waals surface area contributed by atoms with Crippen LogP contribution in [-0.4, -0.2) is 11.1 Å². The van der Waals surface area contributed by atoms with E-state index in [-0.39, 0.29) is 5.56 Å². The highest BCUT2D eigenvalue weighted by Crippen LogP contribution is 2.19. The van der Waals surface area contributed by atoms with E-state index in [0.29, 0.717) is 10.9 Å². The summed E-state index contributed by atoms with van der Waals surface area (Å²) < 4.78 is 0. The van der Waals surface area contributed by atoms with Crippen molar-refractivity contribution >= 4 is 17.6 Å². The zero-order chi connectivity index (χ0) is 10.7. The standard InChI is InChI=1S/C11H13ClO2/c1-7(2)5-8-3-4-9(11(13)14)10(12)6-8/h3-4,6-7H,5H2,1-2H3,(H,13,14). The van der Waals surface area contributed by atoms with Gasteiger partial charge in [-0.15, -0.1) is 0 Å². The van der Waals surface area contributed by atoms with Crippen molar-refractivity contribution in [3.8, 4) is 0 Å². The van der Waals surface area contributed by atoms with Crippen LogP contribution in [0.15, 0.2) is 18.2 Å². The van der Waals surface area contributed by atoms with E-state index < -0.39 is 5.97 Å². The summed E-state index contributed by atoms with van der Waals surface area (Å²) in [5, 5.41) is 9.07. The van der Waals surface area contributed by atoms with Crippen LogP contribution in [0.2, 0.25) is 5.02 Å². The lowest BCUT2D eigenvalue weighted by atomic mass is 10.0. The number of benzene rings is 1. The number of carboxylic acids is 1. The Balaban J connectivity index is 2.94. The molecule has 1 aromatic carbocycles. The first kappa shape index (κ1) is 11.1. The number of aromatic carboxylic acids is 1. The van der Waals surface area contributed by atoms with E-state index in [2.05, 4.69) is 13.8 Å². The van der Waals surface area contributed by atoms with E-state index in [1.807, 2.05) is 6.07 Å². The monoisotopic (exact) mass is 212 g/mol. The van der Waals surface area contributed by atoms with Crippen molar-refractivity contribution < 1.29 is 9.90 Å². The molecule has 76 valence electrons. The Kier molecular flexibility index (Phi) is 3.53. The topological polar surface area (TPSA) is 37.3 Å². The first-order valence-corrected chi connectivity index (χ1v) is 4.90. The fraction of sp³-hybridized carbons (Fsp3) is 0.364. The van der Waals surface area contributed by atoms with Gasteiger partial charge in [-0.05, 0) is 30.0 Å². The minimum absolute atomic E-state index is 0.166.